The van der Waals surface area contributed by atoms with Crippen LogP contribution in [0.3, 0.4) is 0 Å². The minimum atomic E-state index is -0.344. The number of ether oxygens (including phenoxy) is 1. The molecule has 1 saturated heterocycles. The zero-order valence-electron chi connectivity index (χ0n) is 12.4. The first-order chi connectivity index (χ1) is 9.58. The lowest BCUT2D eigenvalue weighted by Crippen LogP contribution is -2.49. The molecule has 1 aromatic rings. The molecule has 1 aliphatic heterocycles. The maximum absolute atomic E-state index is 11.6. The fourth-order valence-corrected chi connectivity index (χ4v) is 2.95. The molecule has 5 nitrogen and oxygen atoms in total. The minimum absolute atomic E-state index is 0.328. The van der Waals surface area contributed by atoms with Gasteiger partial charge in [0.05, 0.1) is 18.4 Å². The molecule has 2 rings (SSSR count). The zero-order chi connectivity index (χ0) is 14.7. The Hall–Kier alpha value is -1.62. The lowest BCUT2D eigenvalue weighted by atomic mass is 9.96. The van der Waals surface area contributed by atoms with E-state index in [0.717, 1.165) is 18.7 Å². The molecule has 0 aromatic carbocycles. The number of aryl methyl sites for hydroxylation is 1. The first kappa shape index (κ1) is 14.8. The number of carbonyl (C=O) groups excluding carboxylic acids is 1. The third-order valence-corrected chi connectivity index (χ3v) is 4.04. The Balaban J connectivity index is 2.32. The van der Waals surface area contributed by atoms with Crippen LogP contribution in [-0.4, -0.2) is 36.7 Å². The van der Waals surface area contributed by atoms with Crippen LogP contribution in [-0.2, 0) is 4.74 Å². The SMILES string of the molecule is COC(=O)c1ccc(N2C(C)CCCC2CN)nc1C. The van der Waals surface area contributed by atoms with Gasteiger partial charge in [0.1, 0.15) is 5.82 Å². The van der Waals surface area contributed by atoms with Crippen LogP contribution in [0.4, 0.5) is 5.82 Å². The second-order valence-electron chi connectivity index (χ2n) is 5.37. The average Bonchev–Trinajstić information content (AvgIpc) is 2.46. The molecule has 0 radical (unpaired) electrons. The highest BCUT2D eigenvalue weighted by molar-refractivity contribution is 5.90. The van der Waals surface area contributed by atoms with E-state index in [-0.39, 0.29) is 5.97 Å². The molecular weight excluding hydrogens is 254 g/mol. The lowest BCUT2D eigenvalue weighted by molar-refractivity contribution is 0.0599. The summed E-state index contributed by atoms with van der Waals surface area (Å²) in [5.74, 6) is 0.557. The fourth-order valence-electron chi connectivity index (χ4n) is 2.95. The highest BCUT2D eigenvalue weighted by Crippen LogP contribution is 2.28. The molecule has 1 aromatic heterocycles. The Morgan fingerprint density at radius 1 is 1.50 bits per heavy atom. The van der Waals surface area contributed by atoms with Crippen LogP contribution >= 0.6 is 0 Å². The van der Waals surface area contributed by atoms with Crippen molar-refractivity contribution in [2.24, 2.45) is 5.73 Å². The molecule has 0 aliphatic carbocycles. The molecule has 1 aliphatic rings. The van der Waals surface area contributed by atoms with Crippen LogP contribution in [0.15, 0.2) is 12.1 Å². The molecule has 20 heavy (non-hydrogen) atoms. The zero-order valence-corrected chi connectivity index (χ0v) is 12.4. The number of nitrogens with zero attached hydrogens (tertiary/aromatic N) is 2. The van der Waals surface area contributed by atoms with Crippen molar-refractivity contribution in [1.29, 1.82) is 0 Å². The monoisotopic (exact) mass is 277 g/mol. The molecule has 2 unspecified atom stereocenters. The summed E-state index contributed by atoms with van der Waals surface area (Å²) in [6.07, 6.45) is 3.45. The topological polar surface area (TPSA) is 68.5 Å². The quantitative estimate of drug-likeness (QED) is 0.854. The van der Waals surface area contributed by atoms with Gasteiger partial charge in [-0.25, -0.2) is 9.78 Å². The molecule has 110 valence electrons. The maximum atomic E-state index is 11.6. The van der Waals surface area contributed by atoms with Crippen molar-refractivity contribution in [3.05, 3.63) is 23.4 Å². The van der Waals surface area contributed by atoms with Gasteiger partial charge in [-0.2, -0.15) is 0 Å². The number of anilines is 1. The summed E-state index contributed by atoms with van der Waals surface area (Å²) in [6, 6.07) is 4.44. The molecule has 2 atom stereocenters. The molecule has 0 amide bonds. The number of aromatic nitrogens is 1. The predicted octanol–water partition coefficient (Wildman–Crippen LogP) is 1.88. The average molecular weight is 277 g/mol. The van der Waals surface area contributed by atoms with Crippen molar-refractivity contribution in [3.8, 4) is 0 Å². The molecule has 0 spiro atoms. The van der Waals surface area contributed by atoms with E-state index < -0.39 is 0 Å². The van der Waals surface area contributed by atoms with Gasteiger partial charge < -0.3 is 15.4 Å². The van der Waals surface area contributed by atoms with Gasteiger partial charge in [-0.05, 0) is 45.2 Å². The number of hydrogen-bond donors (Lipinski definition) is 1. The van der Waals surface area contributed by atoms with Crippen LogP contribution in [0, 0.1) is 6.92 Å². The number of piperidine rings is 1. The summed E-state index contributed by atoms with van der Waals surface area (Å²) < 4.78 is 4.75. The number of nitrogens with two attached hydrogens (primary N) is 1. The first-order valence-electron chi connectivity index (χ1n) is 7.12. The number of pyridine rings is 1. The minimum Gasteiger partial charge on any atom is -0.465 e. The summed E-state index contributed by atoms with van der Waals surface area (Å²) >= 11 is 0. The normalized spacial score (nSPS) is 22.7. The molecule has 0 bridgehead atoms. The van der Waals surface area contributed by atoms with E-state index in [1.165, 1.54) is 13.5 Å². The Labute approximate surface area is 120 Å². The maximum Gasteiger partial charge on any atom is 0.339 e. The van der Waals surface area contributed by atoms with Crippen molar-refractivity contribution in [1.82, 2.24) is 4.98 Å². The van der Waals surface area contributed by atoms with Crippen molar-refractivity contribution in [2.45, 2.75) is 45.2 Å². The molecule has 0 saturated carbocycles. The Morgan fingerprint density at radius 3 is 2.85 bits per heavy atom. The van der Waals surface area contributed by atoms with Gasteiger partial charge in [0, 0.05) is 18.6 Å². The van der Waals surface area contributed by atoms with Gasteiger partial charge in [0.2, 0.25) is 0 Å². The highest BCUT2D eigenvalue weighted by atomic mass is 16.5. The fraction of sp³-hybridized carbons (Fsp3) is 0.600. The van der Waals surface area contributed by atoms with Crippen LogP contribution in [0.25, 0.3) is 0 Å². The number of methoxy groups -OCH3 is 1. The molecule has 2 N–H and O–H groups in total. The van der Waals surface area contributed by atoms with E-state index in [9.17, 15) is 4.79 Å². The number of hydrogen-bond acceptors (Lipinski definition) is 5. The van der Waals surface area contributed by atoms with Gasteiger partial charge in [-0.3, -0.25) is 0 Å². The standard InChI is InChI=1S/C15H23N3O2/c1-10-5-4-6-12(9-16)18(10)14-8-7-13(11(2)17-14)15(19)20-3/h7-8,10,12H,4-6,9,16H2,1-3H3. The van der Waals surface area contributed by atoms with Gasteiger partial charge in [0.25, 0.3) is 0 Å². The van der Waals surface area contributed by atoms with Crippen LogP contribution in [0.1, 0.15) is 42.2 Å². The molecule has 5 heteroatoms. The smallest absolute Gasteiger partial charge is 0.339 e. The molecule has 1 fully saturated rings. The summed E-state index contributed by atoms with van der Waals surface area (Å²) in [4.78, 5) is 18.5. The summed E-state index contributed by atoms with van der Waals surface area (Å²) in [5, 5.41) is 0. The Bertz CT molecular complexity index is 490. The van der Waals surface area contributed by atoms with Crippen molar-refractivity contribution < 1.29 is 9.53 Å². The Morgan fingerprint density at radius 2 is 2.25 bits per heavy atom. The highest BCUT2D eigenvalue weighted by Gasteiger charge is 2.28. The summed E-state index contributed by atoms with van der Waals surface area (Å²) in [5.41, 5.74) is 7.10. The first-order valence-corrected chi connectivity index (χ1v) is 7.12. The van der Waals surface area contributed by atoms with E-state index in [0.29, 0.717) is 29.9 Å². The number of rotatable bonds is 3. The van der Waals surface area contributed by atoms with Gasteiger partial charge in [0.15, 0.2) is 0 Å². The van der Waals surface area contributed by atoms with Gasteiger partial charge in [-0.15, -0.1) is 0 Å². The third kappa shape index (κ3) is 2.77. The molecule has 2 heterocycles. The second-order valence-corrected chi connectivity index (χ2v) is 5.37. The van der Waals surface area contributed by atoms with E-state index in [4.69, 9.17) is 10.5 Å². The lowest BCUT2D eigenvalue weighted by Gasteiger charge is -2.41. The number of esters is 1. The van der Waals surface area contributed by atoms with Gasteiger partial charge in [-0.1, -0.05) is 0 Å². The Kier molecular flexibility index (Phi) is 4.60. The summed E-state index contributed by atoms with van der Waals surface area (Å²) in [7, 11) is 1.38. The number of carbonyl (C=O) groups is 1. The molecular formula is C15H23N3O2. The van der Waals surface area contributed by atoms with Crippen LogP contribution in [0.2, 0.25) is 0 Å². The van der Waals surface area contributed by atoms with E-state index in [1.54, 1.807) is 6.07 Å². The predicted molar refractivity (Wildman–Crippen MR) is 78.9 cm³/mol. The van der Waals surface area contributed by atoms with Crippen LogP contribution < -0.4 is 10.6 Å². The van der Waals surface area contributed by atoms with Crippen LogP contribution in [0.5, 0.6) is 0 Å². The van der Waals surface area contributed by atoms with Gasteiger partial charge >= 0.3 is 5.97 Å². The third-order valence-electron chi connectivity index (χ3n) is 4.04. The van der Waals surface area contributed by atoms with Crippen molar-refractivity contribution in [2.75, 3.05) is 18.6 Å². The largest absolute Gasteiger partial charge is 0.465 e. The van der Waals surface area contributed by atoms with E-state index in [1.807, 2.05) is 13.0 Å². The second kappa shape index (κ2) is 6.22. The van der Waals surface area contributed by atoms with Crippen molar-refractivity contribution >= 4 is 11.8 Å². The van der Waals surface area contributed by atoms with E-state index >= 15 is 0 Å². The van der Waals surface area contributed by atoms with E-state index in [2.05, 4.69) is 16.8 Å². The summed E-state index contributed by atoms with van der Waals surface area (Å²) in [6.45, 7) is 4.67. The van der Waals surface area contributed by atoms with Crippen molar-refractivity contribution in [3.63, 3.8) is 0 Å².